The van der Waals surface area contributed by atoms with Gasteiger partial charge in [-0.1, -0.05) is 51.1 Å². The Kier molecular flexibility index (Phi) is 5.45. The van der Waals surface area contributed by atoms with Gasteiger partial charge in [0, 0.05) is 19.0 Å². The van der Waals surface area contributed by atoms with E-state index in [9.17, 15) is 9.59 Å². The van der Waals surface area contributed by atoms with E-state index in [1.807, 2.05) is 18.2 Å². The fourth-order valence-corrected chi connectivity index (χ4v) is 2.81. The summed E-state index contributed by atoms with van der Waals surface area (Å²) in [5.41, 5.74) is 1.16. The summed E-state index contributed by atoms with van der Waals surface area (Å²) in [6.07, 6.45) is 3.23. The normalized spacial score (nSPS) is 16.0. The number of carboxylic acids is 1. The van der Waals surface area contributed by atoms with Crippen molar-refractivity contribution in [1.82, 2.24) is 4.90 Å². The first-order chi connectivity index (χ1) is 10.8. The largest absolute Gasteiger partial charge is 0.481 e. The molecule has 0 saturated heterocycles. The third-order valence-electron chi connectivity index (χ3n) is 4.72. The third-order valence-corrected chi connectivity index (χ3v) is 4.72. The van der Waals surface area contributed by atoms with Crippen molar-refractivity contribution in [3.05, 3.63) is 35.9 Å². The molecular weight excluding hydrogens is 290 g/mol. The summed E-state index contributed by atoms with van der Waals surface area (Å²) in [5, 5.41) is 9.08. The molecule has 4 heteroatoms. The standard InChI is InChI=1S/C19H27NO3/c1-14(18(22)23)13-20(16-9-10-16)17(21)11-12-19(2,3)15-7-5-4-6-8-15/h4-8,14,16H,9-13H2,1-3H3,(H,22,23). The summed E-state index contributed by atoms with van der Waals surface area (Å²) >= 11 is 0. The average Bonchev–Trinajstić information content (AvgIpc) is 3.35. The minimum atomic E-state index is -0.840. The third kappa shape index (κ3) is 4.81. The lowest BCUT2D eigenvalue weighted by atomic mass is 9.80. The molecule has 1 fully saturated rings. The van der Waals surface area contributed by atoms with Gasteiger partial charge in [0.15, 0.2) is 0 Å². The van der Waals surface area contributed by atoms with Gasteiger partial charge in [-0.15, -0.1) is 0 Å². The maximum absolute atomic E-state index is 12.6. The molecular formula is C19H27NO3. The van der Waals surface area contributed by atoms with Crippen LogP contribution in [0.15, 0.2) is 30.3 Å². The van der Waals surface area contributed by atoms with E-state index in [0.717, 1.165) is 19.3 Å². The highest BCUT2D eigenvalue weighted by Crippen LogP contribution is 2.31. The molecule has 1 unspecified atom stereocenters. The van der Waals surface area contributed by atoms with Crippen molar-refractivity contribution in [2.75, 3.05) is 6.54 Å². The molecule has 2 rings (SSSR count). The highest BCUT2D eigenvalue weighted by Gasteiger charge is 2.35. The summed E-state index contributed by atoms with van der Waals surface area (Å²) < 4.78 is 0. The van der Waals surface area contributed by atoms with Crippen molar-refractivity contribution in [2.45, 2.75) is 57.9 Å². The molecule has 1 aliphatic rings. The number of aliphatic carboxylic acids is 1. The van der Waals surface area contributed by atoms with Crippen LogP contribution in [0.4, 0.5) is 0 Å². The molecule has 126 valence electrons. The SMILES string of the molecule is CC(CN(C(=O)CCC(C)(C)c1ccccc1)C1CC1)C(=O)O. The highest BCUT2D eigenvalue weighted by atomic mass is 16.4. The Morgan fingerprint density at radius 1 is 1.26 bits per heavy atom. The van der Waals surface area contributed by atoms with Crippen molar-refractivity contribution in [3.63, 3.8) is 0 Å². The molecule has 1 aromatic rings. The first kappa shape index (κ1) is 17.5. The van der Waals surface area contributed by atoms with Crippen LogP contribution >= 0.6 is 0 Å². The summed E-state index contributed by atoms with van der Waals surface area (Å²) in [6.45, 7) is 6.29. The maximum atomic E-state index is 12.6. The Morgan fingerprint density at radius 2 is 1.87 bits per heavy atom. The minimum Gasteiger partial charge on any atom is -0.481 e. The van der Waals surface area contributed by atoms with Gasteiger partial charge >= 0.3 is 5.97 Å². The zero-order chi connectivity index (χ0) is 17.0. The molecule has 1 amide bonds. The molecule has 1 aromatic carbocycles. The zero-order valence-corrected chi connectivity index (χ0v) is 14.3. The van der Waals surface area contributed by atoms with Crippen LogP contribution in [0.2, 0.25) is 0 Å². The number of carboxylic acid groups (broad SMARTS) is 1. The van der Waals surface area contributed by atoms with Gasteiger partial charge in [-0.05, 0) is 30.2 Å². The monoisotopic (exact) mass is 317 g/mol. The van der Waals surface area contributed by atoms with E-state index < -0.39 is 11.9 Å². The number of benzene rings is 1. The number of carbonyl (C=O) groups is 2. The van der Waals surface area contributed by atoms with E-state index >= 15 is 0 Å². The first-order valence-electron chi connectivity index (χ1n) is 8.39. The van der Waals surface area contributed by atoms with Crippen LogP contribution in [0.3, 0.4) is 0 Å². The van der Waals surface area contributed by atoms with Gasteiger partial charge in [0.25, 0.3) is 0 Å². The second-order valence-corrected chi connectivity index (χ2v) is 7.27. The molecule has 0 heterocycles. The smallest absolute Gasteiger partial charge is 0.308 e. The average molecular weight is 317 g/mol. The van der Waals surface area contributed by atoms with Crippen LogP contribution in [-0.2, 0) is 15.0 Å². The number of hydrogen-bond acceptors (Lipinski definition) is 2. The van der Waals surface area contributed by atoms with Gasteiger partial charge < -0.3 is 10.0 Å². The van der Waals surface area contributed by atoms with Gasteiger partial charge in [0.05, 0.1) is 5.92 Å². The summed E-state index contributed by atoms with van der Waals surface area (Å²) in [6, 6.07) is 10.5. The topological polar surface area (TPSA) is 57.6 Å². The fourth-order valence-electron chi connectivity index (χ4n) is 2.81. The Morgan fingerprint density at radius 3 is 2.39 bits per heavy atom. The zero-order valence-electron chi connectivity index (χ0n) is 14.3. The highest BCUT2D eigenvalue weighted by molar-refractivity contribution is 5.78. The van der Waals surface area contributed by atoms with Crippen LogP contribution in [0.25, 0.3) is 0 Å². The molecule has 0 bridgehead atoms. The van der Waals surface area contributed by atoms with Gasteiger partial charge in [-0.3, -0.25) is 9.59 Å². The Bertz CT molecular complexity index is 549. The number of rotatable bonds is 8. The van der Waals surface area contributed by atoms with Crippen LogP contribution in [0.1, 0.15) is 52.0 Å². The molecule has 1 atom stereocenters. The number of amides is 1. The van der Waals surface area contributed by atoms with E-state index in [-0.39, 0.29) is 17.4 Å². The van der Waals surface area contributed by atoms with E-state index in [1.54, 1.807) is 11.8 Å². The quantitative estimate of drug-likeness (QED) is 0.799. The maximum Gasteiger partial charge on any atom is 0.308 e. The van der Waals surface area contributed by atoms with Gasteiger partial charge in [0.1, 0.15) is 0 Å². The number of hydrogen-bond donors (Lipinski definition) is 1. The lowest BCUT2D eigenvalue weighted by Gasteiger charge is -2.28. The number of carbonyl (C=O) groups excluding carboxylic acids is 1. The summed E-state index contributed by atoms with van der Waals surface area (Å²) in [7, 11) is 0. The van der Waals surface area contributed by atoms with E-state index in [4.69, 9.17) is 5.11 Å². The van der Waals surface area contributed by atoms with Crippen molar-refractivity contribution in [1.29, 1.82) is 0 Å². The van der Waals surface area contributed by atoms with E-state index in [2.05, 4.69) is 26.0 Å². The second kappa shape index (κ2) is 7.16. The van der Waals surface area contributed by atoms with Crippen LogP contribution in [0.5, 0.6) is 0 Å². The second-order valence-electron chi connectivity index (χ2n) is 7.27. The predicted octanol–water partition coefficient (Wildman–Crippen LogP) is 3.46. The molecule has 0 spiro atoms. The first-order valence-corrected chi connectivity index (χ1v) is 8.39. The van der Waals surface area contributed by atoms with Crippen molar-refractivity contribution < 1.29 is 14.7 Å². The van der Waals surface area contributed by atoms with Crippen molar-refractivity contribution in [3.8, 4) is 0 Å². The Balaban J connectivity index is 1.95. The lowest BCUT2D eigenvalue weighted by Crippen LogP contribution is -2.39. The molecule has 1 saturated carbocycles. The fraction of sp³-hybridized carbons (Fsp3) is 0.579. The molecule has 1 N–H and O–H groups in total. The molecule has 0 radical (unpaired) electrons. The van der Waals surface area contributed by atoms with Crippen LogP contribution in [-0.4, -0.2) is 34.5 Å². The Hall–Kier alpha value is -1.84. The Labute approximate surface area is 138 Å². The summed E-state index contributed by atoms with van der Waals surface area (Å²) in [4.78, 5) is 25.4. The van der Waals surface area contributed by atoms with Gasteiger partial charge in [-0.25, -0.2) is 0 Å². The minimum absolute atomic E-state index is 0.0649. The predicted molar refractivity (Wildman–Crippen MR) is 90.2 cm³/mol. The van der Waals surface area contributed by atoms with Crippen molar-refractivity contribution in [2.24, 2.45) is 5.92 Å². The number of nitrogens with zero attached hydrogens (tertiary/aromatic N) is 1. The van der Waals surface area contributed by atoms with Crippen LogP contribution in [0, 0.1) is 5.92 Å². The molecule has 4 nitrogen and oxygen atoms in total. The van der Waals surface area contributed by atoms with E-state index in [0.29, 0.717) is 13.0 Å². The molecule has 23 heavy (non-hydrogen) atoms. The molecule has 1 aliphatic carbocycles. The molecule has 0 aromatic heterocycles. The van der Waals surface area contributed by atoms with E-state index in [1.165, 1.54) is 5.56 Å². The van der Waals surface area contributed by atoms with Gasteiger partial charge in [0.2, 0.25) is 5.91 Å². The van der Waals surface area contributed by atoms with Crippen molar-refractivity contribution >= 4 is 11.9 Å². The lowest BCUT2D eigenvalue weighted by molar-refractivity contribution is -0.143. The van der Waals surface area contributed by atoms with Gasteiger partial charge in [-0.2, -0.15) is 0 Å². The molecule has 0 aliphatic heterocycles. The van der Waals surface area contributed by atoms with Crippen LogP contribution < -0.4 is 0 Å². The summed E-state index contributed by atoms with van der Waals surface area (Å²) in [5.74, 6) is -1.26.